The van der Waals surface area contributed by atoms with Gasteiger partial charge in [0.05, 0.1) is 6.04 Å². The number of nitrogens with zero attached hydrogens (tertiary/aromatic N) is 2. The first-order valence-corrected chi connectivity index (χ1v) is 10.4. The summed E-state index contributed by atoms with van der Waals surface area (Å²) in [6, 6.07) is 22.6. The minimum Gasteiger partial charge on any atom is -0.371 e. The molecule has 3 aromatic rings. The number of para-hydroxylation sites is 1. The molecule has 0 spiro atoms. The van der Waals surface area contributed by atoms with Gasteiger partial charge in [-0.1, -0.05) is 48.5 Å². The van der Waals surface area contributed by atoms with E-state index in [4.69, 9.17) is 0 Å². The van der Waals surface area contributed by atoms with Crippen LogP contribution >= 0.6 is 0 Å². The Balaban J connectivity index is 1.43. The van der Waals surface area contributed by atoms with Crippen LogP contribution in [0.25, 0.3) is 10.8 Å². The molecule has 4 rings (SSSR count). The Labute approximate surface area is 173 Å². The molecule has 3 aromatic carbocycles. The number of rotatable bonds is 6. The van der Waals surface area contributed by atoms with E-state index in [1.165, 1.54) is 29.5 Å². The minimum absolute atomic E-state index is 0.0152. The Morgan fingerprint density at radius 3 is 2.48 bits per heavy atom. The third-order valence-electron chi connectivity index (χ3n) is 5.92. The average Bonchev–Trinajstić information content (AvgIpc) is 3.28. The molecule has 1 aliphatic rings. The molecule has 4 heteroatoms. The van der Waals surface area contributed by atoms with Crippen LogP contribution in [0.2, 0.25) is 0 Å². The van der Waals surface area contributed by atoms with E-state index in [-0.39, 0.29) is 11.9 Å². The van der Waals surface area contributed by atoms with Crippen molar-refractivity contribution >= 4 is 28.1 Å². The molecule has 150 valence electrons. The summed E-state index contributed by atoms with van der Waals surface area (Å²) in [7, 11) is 2.02. The van der Waals surface area contributed by atoms with Crippen LogP contribution < -0.4 is 10.2 Å². The van der Waals surface area contributed by atoms with Gasteiger partial charge in [-0.25, -0.2) is 0 Å². The topological polar surface area (TPSA) is 35.6 Å². The van der Waals surface area contributed by atoms with Crippen LogP contribution in [0, 0.1) is 0 Å². The van der Waals surface area contributed by atoms with E-state index < -0.39 is 0 Å². The molecule has 1 saturated heterocycles. The summed E-state index contributed by atoms with van der Waals surface area (Å²) in [5, 5.41) is 5.38. The Hall–Kier alpha value is -2.85. The van der Waals surface area contributed by atoms with Gasteiger partial charge < -0.3 is 10.2 Å². The molecule has 1 aliphatic heterocycles. The van der Waals surface area contributed by atoms with Gasteiger partial charge >= 0.3 is 0 Å². The molecule has 0 aliphatic carbocycles. The van der Waals surface area contributed by atoms with E-state index >= 15 is 0 Å². The zero-order valence-electron chi connectivity index (χ0n) is 17.3. The summed E-state index contributed by atoms with van der Waals surface area (Å²) in [4.78, 5) is 17.4. The first-order valence-electron chi connectivity index (χ1n) is 10.4. The van der Waals surface area contributed by atoms with Crippen LogP contribution in [0.15, 0.2) is 66.7 Å². The minimum atomic E-state index is -0.229. The van der Waals surface area contributed by atoms with Gasteiger partial charge in [-0.05, 0) is 61.3 Å². The summed E-state index contributed by atoms with van der Waals surface area (Å²) < 4.78 is 0. The number of hydrogen-bond donors (Lipinski definition) is 1. The lowest BCUT2D eigenvalue weighted by molar-refractivity contribution is -0.120. The molecular formula is C25H29N3O. The molecule has 0 radical (unpaired) electrons. The highest BCUT2D eigenvalue weighted by Gasteiger charge is 2.21. The lowest BCUT2D eigenvalue weighted by Crippen LogP contribution is -2.39. The third kappa shape index (κ3) is 4.43. The highest BCUT2D eigenvalue weighted by molar-refractivity contribution is 5.97. The van der Waals surface area contributed by atoms with Crippen molar-refractivity contribution in [2.45, 2.75) is 32.4 Å². The third-order valence-corrected chi connectivity index (χ3v) is 5.92. The van der Waals surface area contributed by atoms with Crippen LogP contribution in [-0.2, 0) is 11.3 Å². The van der Waals surface area contributed by atoms with Crippen molar-refractivity contribution in [3.05, 3.63) is 72.3 Å². The maximum absolute atomic E-state index is 12.9. The fourth-order valence-corrected chi connectivity index (χ4v) is 4.03. The molecule has 1 atom stereocenters. The molecule has 1 N–H and O–H groups in total. The average molecular weight is 388 g/mol. The summed E-state index contributed by atoms with van der Waals surface area (Å²) >= 11 is 0. The number of carbonyl (C=O) groups is 1. The number of amides is 1. The Morgan fingerprint density at radius 1 is 1.00 bits per heavy atom. The first kappa shape index (κ1) is 19.5. The van der Waals surface area contributed by atoms with Crippen molar-refractivity contribution in [2.75, 3.05) is 30.4 Å². The van der Waals surface area contributed by atoms with Gasteiger partial charge in [-0.3, -0.25) is 9.69 Å². The molecule has 1 amide bonds. The number of nitrogens with one attached hydrogen (secondary N) is 1. The van der Waals surface area contributed by atoms with Crippen molar-refractivity contribution in [3.63, 3.8) is 0 Å². The molecule has 0 saturated carbocycles. The SMILES string of the molecule is C[C@@H](C(=O)Nc1ccc2ccccc2c1)N(C)Cc1ccccc1N1CCCC1. The van der Waals surface area contributed by atoms with Gasteiger partial charge in [0.2, 0.25) is 5.91 Å². The second-order valence-electron chi connectivity index (χ2n) is 7.97. The summed E-state index contributed by atoms with van der Waals surface area (Å²) in [5.74, 6) is 0.0152. The highest BCUT2D eigenvalue weighted by Crippen LogP contribution is 2.26. The zero-order valence-corrected chi connectivity index (χ0v) is 17.3. The largest absolute Gasteiger partial charge is 0.371 e. The highest BCUT2D eigenvalue weighted by atomic mass is 16.2. The van der Waals surface area contributed by atoms with Crippen LogP contribution in [0.4, 0.5) is 11.4 Å². The van der Waals surface area contributed by atoms with Crippen LogP contribution in [-0.4, -0.2) is 37.0 Å². The smallest absolute Gasteiger partial charge is 0.241 e. The van der Waals surface area contributed by atoms with Crippen LogP contribution in [0.5, 0.6) is 0 Å². The maximum Gasteiger partial charge on any atom is 0.241 e. The van der Waals surface area contributed by atoms with E-state index in [9.17, 15) is 4.79 Å². The normalized spacial score (nSPS) is 15.1. The van der Waals surface area contributed by atoms with Crippen molar-refractivity contribution in [1.82, 2.24) is 4.90 Å². The van der Waals surface area contributed by atoms with E-state index in [0.717, 1.165) is 30.7 Å². The predicted octanol–water partition coefficient (Wildman–Crippen LogP) is 4.90. The Bertz CT molecular complexity index is 994. The number of fused-ring (bicyclic) bond motifs is 1. The lowest BCUT2D eigenvalue weighted by Gasteiger charge is -2.27. The monoisotopic (exact) mass is 387 g/mol. The van der Waals surface area contributed by atoms with E-state index in [2.05, 4.69) is 51.5 Å². The van der Waals surface area contributed by atoms with Gasteiger partial charge in [-0.2, -0.15) is 0 Å². The number of hydrogen-bond acceptors (Lipinski definition) is 3. The molecule has 4 nitrogen and oxygen atoms in total. The number of anilines is 2. The van der Waals surface area contributed by atoms with Gasteiger partial charge in [0, 0.05) is 31.0 Å². The quantitative estimate of drug-likeness (QED) is 0.653. The van der Waals surface area contributed by atoms with Crippen LogP contribution in [0.3, 0.4) is 0 Å². The van der Waals surface area contributed by atoms with Gasteiger partial charge in [0.1, 0.15) is 0 Å². The lowest BCUT2D eigenvalue weighted by atomic mass is 10.1. The molecular weight excluding hydrogens is 358 g/mol. The van der Waals surface area contributed by atoms with Crippen molar-refractivity contribution in [3.8, 4) is 0 Å². The van der Waals surface area contributed by atoms with Crippen LogP contribution in [0.1, 0.15) is 25.3 Å². The van der Waals surface area contributed by atoms with E-state index in [0.29, 0.717) is 0 Å². The summed E-state index contributed by atoms with van der Waals surface area (Å²) in [5.41, 5.74) is 3.42. The van der Waals surface area contributed by atoms with E-state index in [1.54, 1.807) is 0 Å². The van der Waals surface area contributed by atoms with Gasteiger partial charge in [0.25, 0.3) is 0 Å². The molecule has 1 fully saturated rings. The fourth-order valence-electron chi connectivity index (χ4n) is 4.03. The van der Waals surface area contributed by atoms with Crippen molar-refractivity contribution < 1.29 is 4.79 Å². The molecule has 0 aromatic heterocycles. The maximum atomic E-state index is 12.9. The molecule has 0 unspecified atom stereocenters. The van der Waals surface area contributed by atoms with E-state index in [1.807, 2.05) is 44.3 Å². The Morgan fingerprint density at radius 2 is 1.69 bits per heavy atom. The Kier molecular flexibility index (Phi) is 5.81. The standard InChI is InChI=1S/C25H29N3O/c1-19(25(29)26-23-14-13-20-9-3-4-10-21(20)17-23)27(2)18-22-11-5-6-12-24(22)28-15-7-8-16-28/h3-6,9-14,17,19H,7-8,15-16,18H2,1-2H3,(H,26,29)/t19-/m0/s1. The second-order valence-corrected chi connectivity index (χ2v) is 7.97. The second kappa shape index (κ2) is 8.66. The zero-order chi connectivity index (χ0) is 20.2. The van der Waals surface area contributed by atoms with Crippen molar-refractivity contribution in [1.29, 1.82) is 0 Å². The van der Waals surface area contributed by atoms with Gasteiger partial charge in [-0.15, -0.1) is 0 Å². The number of carbonyl (C=O) groups excluding carboxylic acids is 1. The van der Waals surface area contributed by atoms with Gasteiger partial charge in [0.15, 0.2) is 0 Å². The first-order chi connectivity index (χ1) is 14.1. The molecule has 0 bridgehead atoms. The predicted molar refractivity (Wildman–Crippen MR) is 121 cm³/mol. The summed E-state index contributed by atoms with van der Waals surface area (Å²) in [6.45, 7) is 4.96. The molecule has 1 heterocycles. The molecule has 29 heavy (non-hydrogen) atoms. The summed E-state index contributed by atoms with van der Waals surface area (Å²) in [6.07, 6.45) is 2.52. The van der Waals surface area contributed by atoms with Crippen molar-refractivity contribution in [2.24, 2.45) is 0 Å². The number of likely N-dealkylation sites (N-methyl/N-ethyl adjacent to an activating group) is 1. The fraction of sp³-hybridized carbons (Fsp3) is 0.320. The number of benzene rings is 3.